The van der Waals surface area contributed by atoms with Crippen molar-refractivity contribution < 1.29 is 0 Å². The van der Waals surface area contributed by atoms with Crippen molar-refractivity contribution in [1.82, 2.24) is 9.97 Å². The molecule has 0 aliphatic heterocycles. The van der Waals surface area contributed by atoms with E-state index in [2.05, 4.69) is 22.3 Å². The molecule has 1 heterocycles. The molecule has 1 aromatic rings. The van der Waals surface area contributed by atoms with Crippen molar-refractivity contribution in [3.05, 3.63) is 18.0 Å². The first-order chi connectivity index (χ1) is 5.86. The third kappa shape index (κ3) is 2.47. The first kappa shape index (κ1) is 8.93. The largest absolute Gasteiger partial charge is 0.292 e. The van der Waals surface area contributed by atoms with Crippen molar-refractivity contribution in [3.8, 4) is 0 Å². The minimum atomic E-state index is 0.489. The zero-order valence-corrected chi connectivity index (χ0v) is 7.25. The van der Waals surface area contributed by atoms with Gasteiger partial charge in [-0.05, 0) is 18.9 Å². The average Bonchev–Trinajstić information content (AvgIpc) is 2.15. The van der Waals surface area contributed by atoms with Gasteiger partial charge in [0.25, 0.3) is 0 Å². The maximum absolute atomic E-state index is 5.17. The number of unbranched alkanes of at least 4 members (excludes halogenated alkanes) is 1. The van der Waals surface area contributed by atoms with Gasteiger partial charge >= 0.3 is 0 Å². The van der Waals surface area contributed by atoms with Gasteiger partial charge in [0.15, 0.2) is 0 Å². The number of aryl methyl sites for hydroxylation is 1. The molecule has 4 nitrogen and oxygen atoms in total. The Morgan fingerprint density at radius 2 is 2.42 bits per heavy atom. The summed E-state index contributed by atoms with van der Waals surface area (Å²) < 4.78 is 0. The molecule has 66 valence electrons. The molecule has 0 amide bonds. The van der Waals surface area contributed by atoms with Crippen molar-refractivity contribution in [2.75, 3.05) is 5.43 Å². The molecule has 4 heteroatoms. The fraction of sp³-hybridized carbons (Fsp3) is 0.500. The summed E-state index contributed by atoms with van der Waals surface area (Å²) in [5, 5.41) is 0. The van der Waals surface area contributed by atoms with E-state index in [1.807, 2.05) is 6.07 Å². The van der Waals surface area contributed by atoms with E-state index in [9.17, 15) is 0 Å². The minimum absolute atomic E-state index is 0.489. The highest BCUT2D eigenvalue weighted by molar-refractivity contribution is 5.22. The predicted octanol–water partition coefficient (Wildman–Crippen LogP) is 1.10. The lowest BCUT2D eigenvalue weighted by Gasteiger charge is -2.00. The lowest BCUT2D eigenvalue weighted by atomic mass is 10.2. The smallest absolute Gasteiger partial charge is 0.237 e. The Labute approximate surface area is 72.2 Å². The van der Waals surface area contributed by atoms with Crippen LogP contribution in [-0.4, -0.2) is 9.97 Å². The summed E-state index contributed by atoms with van der Waals surface area (Å²) in [6.07, 6.45) is 5.04. The molecule has 1 aromatic heterocycles. The molecule has 0 radical (unpaired) electrons. The summed E-state index contributed by atoms with van der Waals surface area (Å²) in [7, 11) is 0. The van der Waals surface area contributed by atoms with Gasteiger partial charge in [-0.1, -0.05) is 13.3 Å². The van der Waals surface area contributed by atoms with E-state index in [0.717, 1.165) is 18.5 Å². The van der Waals surface area contributed by atoms with Gasteiger partial charge in [0.2, 0.25) is 5.95 Å². The highest BCUT2D eigenvalue weighted by atomic mass is 15.3. The van der Waals surface area contributed by atoms with E-state index >= 15 is 0 Å². The monoisotopic (exact) mass is 166 g/mol. The van der Waals surface area contributed by atoms with E-state index in [-0.39, 0.29) is 0 Å². The summed E-state index contributed by atoms with van der Waals surface area (Å²) in [6, 6.07) is 1.91. The number of rotatable bonds is 4. The predicted molar refractivity (Wildman–Crippen MR) is 48.5 cm³/mol. The van der Waals surface area contributed by atoms with Gasteiger partial charge in [-0.3, -0.25) is 5.43 Å². The second-order valence-electron chi connectivity index (χ2n) is 2.62. The molecule has 0 fully saturated rings. The lowest BCUT2D eigenvalue weighted by Crippen LogP contribution is -2.11. The number of hydrogen-bond acceptors (Lipinski definition) is 4. The van der Waals surface area contributed by atoms with Crippen LogP contribution in [0, 0.1) is 0 Å². The summed E-state index contributed by atoms with van der Waals surface area (Å²) in [5.41, 5.74) is 3.46. The number of anilines is 1. The Bertz CT molecular complexity index is 236. The van der Waals surface area contributed by atoms with Gasteiger partial charge in [0.05, 0.1) is 0 Å². The van der Waals surface area contributed by atoms with Gasteiger partial charge in [-0.2, -0.15) is 0 Å². The highest BCUT2D eigenvalue weighted by Gasteiger charge is 1.95. The van der Waals surface area contributed by atoms with Crippen LogP contribution in [0.15, 0.2) is 12.3 Å². The normalized spacial score (nSPS) is 9.83. The molecule has 0 spiro atoms. The van der Waals surface area contributed by atoms with E-state index < -0.39 is 0 Å². The molecular formula is C8H14N4. The van der Waals surface area contributed by atoms with Crippen molar-refractivity contribution in [2.24, 2.45) is 5.84 Å². The van der Waals surface area contributed by atoms with Crippen molar-refractivity contribution in [3.63, 3.8) is 0 Å². The molecule has 0 aliphatic carbocycles. The molecule has 0 aliphatic rings. The maximum atomic E-state index is 5.17. The summed E-state index contributed by atoms with van der Waals surface area (Å²) in [5.74, 6) is 5.66. The summed E-state index contributed by atoms with van der Waals surface area (Å²) in [6.45, 7) is 2.16. The molecule has 0 atom stereocenters. The molecule has 0 bridgehead atoms. The number of nitrogen functional groups attached to an aromatic ring is 1. The summed E-state index contributed by atoms with van der Waals surface area (Å²) >= 11 is 0. The molecular weight excluding hydrogens is 152 g/mol. The molecule has 3 N–H and O–H groups in total. The van der Waals surface area contributed by atoms with Gasteiger partial charge < -0.3 is 0 Å². The van der Waals surface area contributed by atoms with Gasteiger partial charge in [0.1, 0.15) is 0 Å². The lowest BCUT2D eigenvalue weighted by molar-refractivity contribution is 0.774. The van der Waals surface area contributed by atoms with Crippen LogP contribution in [-0.2, 0) is 6.42 Å². The molecule has 0 saturated carbocycles. The van der Waals surface area contributed by atoms with Crippen LogP contribution in [0.4, 0.5) is 5.95 Å². The Balaban J connectivity index is 2.60. The van der Waals surface area contributed by atoms with Gasteiger partial charge in [-0.15, -0.1) is 0 Å². The average molecular weight is 166 g/mol. The molecule has 0 unspecified atom stereocenters. The van der Waals surface area contributed by atoms with Crippen molar-refractivity contribution >= 4 is 5.95 Å². The highest BCUT2D eigenvalue weighted by Crippen LogP contribution is 2.03. The standard InChI is InChI=1S/C8H14N4/c1-2-3-4-7-5-6-10-8(11-7)12-9/h5-6H,2-4,9H2,1H3,(H,10,11,12). The van der Waals surface area contributed by atoms with E-state index in [0.29, 0.717) is 5.95 Å². The van der Waals surface area contributed by atoms with Crippen LogP contribution in [0.3, 0.4) is 0 Å². The molecule has 12 heavy (non-hydrogen) atoms. The van der Waals surface area contributed by atoms with Crippen LogP contribution in [0.25, 0.3) is 0 Å². The number of aromatic nitrogens is 2. The molecule has 1 rings (SSSR count). The first-order valence-corrected chi connectivity index (χ1v) is 4.15. The second kappa shape index (κ2) is 4.66. The van der Waals surface area contributed by atoms with Crippen molar-refractivity contribution in [2.45, 2.75) is 26.2 Å². The van der Waals surface area contributed by atoms with Gasteiger partial charge in [-0.25, -0.2) is 15.8 Å². The molecule has 0 aromatic carbocycles. The fourth-order valence-electron chi connectivity index (χ4n) is 0.963. The Morgan fingerprint density at radius 1 is 1.58 bits per heavy atom. The van der Waals surface area contributed by atoms with Crippen LogP contribution in [0.1, 0.15) is 25.5 Å². The molecule has 0 saturated heterocycles. The first-order valence-electron chi connectivity index (χ1n) is 4.15. The Hall–Kier alpha value is -1.16. The topological polar surface area (TPSA) is 63.8 Å². The number of nitrogens with two attached hydrogens (primary N) is 1. The van der Waals surface area contributed by atoms with Crippen molar-refractivity contribution in [1.29, 1.82) is 0 Å². The fourth-order valence-corrected chi connectivity index (χ4v) is 0.963. The Morgan fingerprint density at radius 3 is 3.08 bits per heavy atom. The van der Waals surface area contributed by atoms with Crippen LogP contribution >= 0.6 is 0 Å². The SMILES string of the molecule is CCCCc1ccnc(NN)n1. The zero-order valence-electron chi connectivity index (χ0n) is 7.25. The second-order valence-corrected chi connectivity index (χ2v) is 2.62. The van der Waals surface area contributed by atoms with Crippen LogP contribution < -0.4 is 11.3 Å². The number of nitrogens with one attached hydrogen (secondary N) is 1. The number of hydrogen-bond donors (Lipinski definition) is 2. The van der Waals surface area contributed by atoms with E-state index in [1.54, 1.807) is 6.20 Å². The van der Waals surface area contributed by atoms with Gasteiger partial charge in [0, 0.05) is 11.9 Å². The number of hydrazine groups is 1. The quantitative estimate of drug-likeness (QED) is 0.519. The van der Waals surface area contributed by atoms with Crippen LogP contribution in [0.2, 0.25) is 0 Å². The summed E-state index contributed by atoms with van der Waals surface area (Å²) in [4.78, 5) is 8.10. The van der Waals surface area contributed by atoms with E-state index in [4.69, 9.17) is 5.84 Å². The third-order valence-electron chi connectivity index (χ3n) is 1.63. The maximum Gasteiger partial charge on any atom is 0.237 e. The zero-order chi connectivity index (χ0) is 8.81. The number of nitrogens with zero attached hydrogens (tertiary/aromatic N) is 2. The minimum Gasteiger partial charge on any atom is -0.292 e. The van der Waals surface area contributed by atoms with Crippen LogP contribution in [0.5, 0.6) is 0 Å². The third-order valence-corrected chi connectivity index (χ3v) is 1.63. The Kier molecular flexibility index (Phi) is 3.47. The van der Waals surface area contributed by atoms with E-state index in [1.165, 1.54) is 6.42 Å².